The van der Waals surface area contributed by atoms with E-state index in [2.05, 4.69) is 58.0 Å². The van der Waals surface area contributed by atoms with E-state index in [0.29, 0.717) is 5.13 Å². The Bertz CT molecular complexity index is 1170. The molecule has 1 amide bonds. The number of hydrogen-bond acceptors (Lipinski definition) is 5. The van der Waals surface area contributed by atoms with Crippen molar-refractivity contribution in [3.8, 4) is 16.9 Å². The highest BCUT2D eigenvalue weighted by Crippen LogP contribution is 2.42. The third kappa shape index (κ3) is 4.55. The molecule has 0 aliphatic heterocycles. The van der Waals surface area contributed by atoms with E-state index in [1.165, 1.54) is 11.3 Å². The third-order valence-corrected chi connectivity index (χ3v) is 6.27. The van der Waals surface area contributed by atoms with Gasteiger partial charge in [-0.2, -0.15) is 0 Å². The summed E-state index contributed by atoms with van der Waals surface area (Å²) in [5, 5.41) is 11.2. The van der Waals surface area contributed by atoms with Gasteiger partial charge in [0.1, 0.15) is 11.3 Å². The lowest BCUT2D eigenvalue weighted by Crippen LogP contribution is -2.37. The molecule has 1 atom stereocenters. The summed E-state index contributed by atoms with van der Waals surface area (Å²) in [6.45, 7) is 3.94. The van der Waals surface area contributed by atoms with Crippen LogP contribution in [0.2, 0.25) is 0 Å². The van der Waals surface area contributed by atoms with Gasteiger partial charge in [0.05, 0.1) is 12.5 Å². The molecule has 0 fully saturated rings. The van der Waals surface area contributed by atoms with Crippen molar-refractivity contribution in [3.63, 3.8) is 0 Å². The fraction of sp³-hybridized carbons (Fsp3) is 0.192. The minimum Gasteiger partial charge on any atom is -0.497 e. The Hall–Kier alpha value is -3.51. The Morgan fingerprint density at radius 3 is 2.31 bits per heavy atom. The number of hydrogen-bond donors (Lipinski definition) is 1. The maximum absolute atomic E-state index is 13.3. The summed E-state index contributed by atoms with van der Waals surface area (Å²) in [6, 6.07) is 26.5. The highest BCUT2D eigenvalue weighted by atomic mass is 32.1. The van der Waals surface area contributed by atoms with Gasteiger partial charge in [-0.3, -0.25) is 4.79 Å². The lowest BCUT2D eigenvalue weighted by molar-refractivity contribution is -0.124. The smallest absolute Gasteiger partial charge is 0.232 e. The molecule has 0 saturated carbocycles. The van der Waals surface area contributed by atoms with E-state index in [9.17, 15) is 4.79 Å². The molecule has 1 unspecified atom stereocenters. The number of rotatable bonds is 7. The Kier molecular flexibility index (Phi) is 6.32. The molecule has 0 aliphatic rings. The summed E-state index contributed by atoms with van der Waals surface area (Å²) in [7, 11) is 1.67. The van der Waals surface area contributed by atoms with Crippen molar-refractivity contribution < 1.29 is 9.53 Å². The molecule has 4 rings (SSSR count). The average Bonchev–Trinajstić information content (AvgIpc) is 3.33. The monoisotopic (exact) mass is 443 g/mol. The molecule has 4 aromatic rings. The maximum Gasteiger partial charge on any atom is 0.232 e. The largest absolute Gasteiger partial charge is 0.497 e. The summed E-state index contributed by atoms with van der Waals surface area (Å²) in [5.74, 6) is 0.583. The van der Waals surface area contributed by atoms with Crippen LogP contribution in [0.15, 0.2) is 84.4 Å². The Labute approximate surface area is 192 Å². The lowest BCUT2D eigenvalue weighted by Gasteiger charge is -2.33. The van der Waals surface area contributed by atoms with E-state index in [1.54, 1.807) is 12.6 Å². The molecule has 6 heteroatoms. The Balaban J connectivity index is 1.70. The van der Waals surface area contributed by atoms with Crippen molar-refractivity contribution in [2.24, 2.45) is 5.41 Å². The van der Waals surface area contributed by atoms with E-state index >= 15 is 0 Å². The van der Waals surface area contributed by atoms with Crippen LogP contribution >= 0.6 is 11.3 Å². The van der Waals surface area contributed by atoms with Crippen LogP contribution in [0.4, 0.5) is 5.13 Å². The van der Waals surface area contributed by atoms with E-state index in [1.807, 2.05) is 50.2 Å². The summed E-state index contributed by atoms with van der Waals surface area (Å²) in [4.78, 5) is 13.3. The zero-order valence-corrected chi connectivity index (χ0v) is 19.1. The van der Waals surface area contributed by atoms with Crippen molar-refractivity contribution >= 4 is 22.4 Å². The van der Waals surface area contributed by atoms with Crippen LogP contribution in [0.3, 0.4) is 0 Å². The second-order valence-electron chi connectivity index (χ2n) is 8.12. The maximum atomic E-state index is 13.3. The van der Waals surface area contributed by atoms with Gasteiger partial charge >= 0.3 is 0 Å². The number of ether oxygens (including phenoxy) is 1. The van der Waals surface area contributed by atoms with Crippen LogP contribution in [0.25, 0.3) is 11.1 Å². The molecule has 5 nitrogen and oxygen atoms in total. The molecule has 0 bridgehead atoms. The van der Waals surface area contributed by atoms with Gasteiger partial charge in [0.2, 0.25) is 11.0 Å². The number of nitrogens with one attached hydrogen (secondary N) is 1. The Morgan fingerprint density at radius 2 is 1.66 bits per heavy atom. The van der Waals surface area contributed by atoms with Crippen LogP contribution in [0.5, 0.6) is 5.75 Å². The van der Waals surface area contributed by atoms with Crippen LogP contribution in [-0.4, -0.2) is 23.2 Å². The number of carbonyl (C=O) groups excluding carboxylic acids is 1. The van der Waals surface area contributed by atoms with E-state index < -0.39 is 5.41 Å². The fourth-order valence-electron chi connectivity index (χ4n) is 3.96. The number of nitrogens with zero attached hydrogens (tertiary/aromatic N) is 2. The van der Waals surface area contributed by atoms with Crippen LogP contribution in [0, 0.1) is 5.41 Å². The second-order valence-corrected chi connectivity index (χ2v) is 8.95. The fourth-order valence-corrected chi connectivity index (χ4v) is 4.40. The summed E-state index contributed by atoms with van der Waals surface area (Å²) >= 11 is 1.31. The molecule has 162 valence electrons. The van der Waals surface area contributed by atoms with Gasteiger partial charge in [-0.05, 0) is 34.4 Å². The van der Waals surface area contributed by atoms with Gasteiger partial charge in [-0.1, -0.05) is 91.9 Å². The zero-order valence-electron chi connectivity index (χ0n) is 18.3. The second kappa shape index (κ2) is 9.32. The molecular weight excluding hydrogens is 418 g/mol. The first-order valence-electron chi connectivity index (χ1n) is 10.4. The molecule has 32 heavy (non-hydrogen) atoms. The van der Waals surface area contributed by atoms with Crippen LogP contribution < -0.4 is 10.1 Å². The quantitative estimate of drug-likeness (QED) is 0.380. The molecule has 0 spiro atoms. The first kappa shape index (κ1) is 21.7. The zero-order chi connectivity index (χ0) is 22.6. The number of amides is 1. The van der Waals surface area contributed by atoms with Gasteiger partial charge in [0.15, 0.2) is 0 Å². The molecule has 0 saturated heterocycles. The standard InChI is InChI=1S/C26H25N3O2S/c1-26(2,24(30)28-25-29-27-17-32-25)23(19-8-5-4-6-9-19)20-14-12-18(13-15-20)21-10-7-11-22(16-21)31-3/h4-17,23H,1-3H3,(H,28,29,30). The molecule has 0 aliphatic carbocycles. The topological polar surface area (TPSA) is 64.1 Å². The lowest BCUT2D eigenvalue weighted by atomic mass is 9.70. The van der Waals surface area contributed by atoms with Crippen molar-refractivity contribution in [2.45, 2.75) is 19.8 Å². The van der Waals surface area contributed by atoms with E-state index in [-0.39, 0.29) is 11.8 Å². The van der Waals surface area contributed by atoms with Crippen molar-refractivity contribution in [1.82, 2.24) is 10.2 Å². The number of carbonyl (C=O) groups is 1. The molecular formula is C26H25N3O2S. The van der Waals surface area contributed by atoms with Crippen molar-refractivity contribution in [1.29, 1.82) is 0 Å². The minimum atomic E-state index is -0.732. The van der Waals surface area contributed by atoms with Gasteiger partial charge in [0.25, 0.3) is 0 Å². The van der Waals surface area contributed by atoms with Crippen LogP contribution in [0.1, 0.15) is 30.9 Å². The molecule has 1 heterocycles. The van der Waals surface area contributed by atoms with E-state index in [0.717, 1.165) is 28.0 Å². The van der Waals surface area contributed by atoms with Crippen LogP contribution in [-0.2, 0) is 4.79 Å². The van der Waals surface area contributed by atoms with E-state index in [4.69, 9.17) is 4.74 Å². The molecule has 0 radical (unpaired) electrons. The third-order valence-electron chi connectivity index (χ3n) is 5.67. The summed E-state index contributed by atoms with van der Waals surface area (Å²) in [6.07, 6.45) is 0. The SMILES string of the molecule is COc1cccc(-c2ccc(C(c3ccccc3)C(C)(C)C(=O)Nc3nncs3)cc2)c1. The van der Waals surface area contributed by atoms with Gasteiger partial charge in [-0.25, -0.2) is 0 Å². The normalized spacial score (nSPS) is 12.2. The summed E-state index contributed by atoms with van der Waals surface area (Å²) < 4.78 is 5.36. The first-order valence-corrected chi connectivity index (χ1v) is 11.2. The average molecular weight is 444 g/mol. The van der Waals surface area contributed by atoms with Gasteiger partial charge < -0.3 is 10.1 Å². The van der Waals surface area contributed by atoms with Gasteiger partial charge in [0, 0.05) is 5.92 Å². The highest BCUT2D eigenvalue weighted by Gasteiger charge is 2.39. The number of aromatic nitrogens is 2. The highest BCUT2D eigenvalue weighted by molar-refractivity contribution is 7.13. The van der Waals surface area contributed by atoms with Crippen molar-refractivity contribution in [3.05, 3.63) is 95.5 Å². The number of anilines is 1. The number of methoxy groups -OCH3 is 1. The molecule has 3 aromatic carbocycles. The Morgan fingerprint density at radius 1 is 0.938 bits per heavy atom. The van der Waals surface area contributed by atoms with Crippen molar-refractivity contribution in [2.75, 3.05) is 12.4 Å². The van der Waals surface area contributed by atoms with Gasteiger partial charge in [-0.15, -0.1) is 10.2 Å². The summed E-state index contributed by atoms with van der Waals surface area (Å²) in [5.41, 5.74) is 5.20. The molecule has 1 aromatic heterocycles. The predicted molar refractivity (Wildman–Crippen MR) is 129 cm³/mol. The minimum absolute atomic E-state index is 0.0972. The predicted octanol–water partition coefficient (Wildman–Crippen LogP) is 6.01. The number of benzene rings is 3. The first-order chi connectivity index (χ1) is 15.5. The molecule has 1 N–H and O–H groups in total.